The fraction of sp³-hybridized carbons (Fsp3) is 0.160. The highest BCUT2D eigenvalue weighted by atomic mass is 79.9. The molecule has 0 aliphatic rings. The molecule has 0 bridgehead atoms. The van der Waals surface area contributed by atoms with Crippen LogP contribution in [-0.4, -0.2) is 27.9 Å². The van der Waals surface area contributed by atoms with Crippen LogP contribution in [0.25, 0.3) is 11.0 Å². The fourth-order valence-corrected chi connectivity index (χ4v) is 3.85. The molecular formula is C25H23BrN4O2. The molecule has 0 saturated heterocycles. The first-order valence-corrected chi connectivity index (χ1v) is 11.1. The van der Waals surface area contributed by atoms with E-state index >= 15 is 0 Å². The lowest BCUT2D eigenvalue weighted by Gasteiger charge is -2.11. The molecule has 0 fully saturated rings. The Hall–Kier alpha value is -3.45. The lowest BCUT2D eigenvalue weighted by atomic mass is 10.1. The van der Waals surface area contributed by atoms with E-state index in [0.29, 0.717) is 18.5 Å². The second-order valence-corrected chi connectivity index (χ2v) is 8.39. The number of rotatable bonds is 7. The summed E-state index contributed by atoms with van der Waals surface area (Å²) in [6, 6.07) is 22.7. The van der Waals surface area contributed by atoms with Gasteiger partial charge in [-0.1, -0.05) is 46.3 Å². The minimum absolute atomic E-state index is 0.112. The standard InChI is InChI=1S/C25H23BrN4O2/c1-17-6-2-3-7-20(17)25(32)27-15-14-23-29-21-8-4-5-9-22(21)30(23)16-24(31)28-19-12-10-18(26)11-13-19/h2-13H,14-16H2,1H3,(H,27,32)(H,28,31). The summed E-state index contributed by atoms with van der Waals surface area (Å²) in [6.45, 7) is 2.47. The van der Waals surface area contributed by atoms with E-state index in [2.05, 4.69) is 26.6 Å². The SMILES string of the molecule is Cc1ccccc1C(=O)NCCc1nc2ccccc2n1CC(=O)Nc1ccc(Br)cc1. The summed E-state index contributed by atoms with van der Waals surface area (Å²) < 4.78 is 2.86. The Bertz CT molecular complexity index is 1260. The van der Waals surface area contributed by atoms with E-state index in [1.165, 1.54) is 0 Å². The van der Waals surface area contributed by atoms with Gasteiger partial charge in [0.05, 0.1) is 11.0 Å². The van der Waals surface area contributed by atoms with E-state index in [-0.39, 0.29) is 18.4 Å². The first-order chi connectivity index (χ1) is 15.5. The number of aromatic nitrogens is 2. The van der Waals surface area contributed by atoms with Crippen molar-refractivity contribution in [3.8, 4) is 0 Å². The van der Waals surface area contributed by atoms with Crippen molar-refractivity contribution in [2.45, 2.75) is 19.9 Å². The van der Waals surface area contributed by atoms with E-state index in [9.17, 15) is 9.59 Å². The van der Waals surface area contributed by atoms with Gasteiger partial charge in [0.25, 0.3) is 5.91 Å². The van der Waals surface area contributed by atoms with Crippen LogP contribution in [-0.2, 0) is 17.8 Å². The van der Waals surface area contributed by atoms with E-state index in [4.69, 9.17) is 4.98 Å². The molecule has 0 aliphatic heterocycles. The number of nitrogens with zero attached hydrogens (tertiary/aromatic N) is 2. The number of benzene rings is 3. The molecule has 2 amide bonds. The zero-order chi connectivity index (χ0) is 22.5. The summed E-state index contributed by atoms with van der Waals surface area (Å²) >= 11 is 3.39. The average Bonchev–Trinajstić information content (AvgIpc) is 3.13. The maximum atomic E-state index is 12.7. The lowest BCUT2D eigenvalue weighted by Crippen LogP contribution is -2.27. The number of fused-ring (bicyclic) bond motifs is 1. The Morgan fingerprint density at radius 1 is 0.969 bits per heavy atom. The van der Waals surface area contributed by atoms with Crippen LogP contribution in [0, 0.1) is 6.92 Å². The van der Waals surface area contributed by atoms with Crippen LogP contribution < -0.4 is 10.6 Å². The molecule has 0 radical (unpaired) electrons. The molecule has 3 aromatic carbocycles. The van der Waals surface area contributed by atoms with Crippen LogP contribution >= 0.6 is 15.9 Å². The van der Waals surface area contributed by atoms with Crippen molar-refractivity contribution in [1.82, 2.24) is 14.9 Å². The van der Waals surface area contributed by atoms with Gasteiger partial charge in [-0.2, -0.15) is 0 Å². The first-order valence-electron chi connectivity index (χ1n) is 10.3. The van der Waals surface area contributed by atoms with E-state index in [1.807, 2.05) is 84.3 Å². The Morgan fingerprint density at radius 2 is 1.69 bits per heavy atom. The van der Waals surface area contributed by atoms with Crippen LogP contribution in [0.4, 0.5) is 5.69 Å². The quantitative estimate of drug-likeness (QED) is 0.393. The molecule has 0 saturated carbocycles. The van der Waals surface area contributed by atoms with Crippen molar-refractivity contribution in [2.24, 2.45) is 0 Å². The Balaban J connectivity index is 1.47. The highest BCUT2D eigenvalue weighted by Crippen LogP contribution is 2.18. The molecule has 0 unspecified atom stereocenters. The van der Waals surface area contributed by atoms with E-state index in [1.54, 1.807) is 0 Å². The van der Waals surface area contributed by atoms with Crippen LogP contribution in [0.1, 0.15) is 21.7 Å². The zero-order valence-electron chi connectivity index (χ0n) is 17.6. The predicted molar refractivity (Wildman–Crippen MR) is 130 cm³/mol. The van der Waals surface area contributed by atoms with Gasteiger partial charge in [-0.25, -0.2) is 4.98 Å². The third-order valence-corrected chi connectivity index (χ3v) is 5.72. The van der Waals surface area contributed by atoms with Gasteiger partial charge in [-0.05, 0) is 55.0 Å². The van der Waals surface area contributed by atoms with Gasteiger partial charge < -0.3 is 15.2 Å². The number of hydrogen-bond acceptors (Lipinski definition) is 3. The summed E-state index contributed by atoms with van der Waals surface area (Å²) in [5.41, 5.74) is 4.04. The highest BCUT2D eigenvalue weighted by Gasteiger charge is 2.15. The van der Waals surface area contributed by atoms with Gasteiger partial charge in [-0.15, -0.1) is 0 Å². The number of nitrogens with one attached hydrogen (secondary N) is 2. The molecule has 7 heteroatoms. The molecule has 0 aliphatic carbocycles. The number of hydrogen-bond donors (Lipinski definition) is 2. The monoisotopic (exact) mass is 490 g/mol. The van der Waals surface area contributed by atoms with Crippen LogP contribution in [0.15, 0.2) is 77.3 Å². The Morgan fingerprint density at radius 3 is 2.47 bits per heavy atom. The van der Waals surface area contributed by atoms with E-state index < -0.39 is 0 Å². The molecule has 1 aromatic heterocycles. The van der Waals surface area contributed by atoms with Crippen LogP contribution in [0.5, 0.6) is 0 Å². The average molecular weight is 491 g/mol. The molecule has 6 nitrogen and oxygen atoms in total. The third-order valence-electron chi connectivity index (χ3n) is 5.19. The molecule has 4 aromatic rings. The summed E-state index contributed by atoms with van der Waals surface area (Å²) in [6.07, 6.45) is 0.512. The van der Waals surface area contributed by atoms with Gasteiger partial charge >= 0.3 is 0 Å². The minimum Gasteiger partial charge on any atom is -0.352 e. The second-order valence-electron chi connectivity index (χ2n) is 7.48. The summed E-state index contributed by atoms with van der Waals surface area (Å²) in [4.78, 5) is 29.9. The van der Waals surface area contributed by atoms with Crippen molar-refractivity contribution >= 4 is 44.5 Å². The van der Waals surface area contributed by atoms with Crippen LogP contribution in [0.2, 0.25) is 0 Å². The summed E-state index contributed by atoms with van der Waals surface area (Å²) in [7, 11) is 0. The molecule has 0 atom stereocenters. The van der Waals surface area contributed by atoms with Crippen molar-refractivity contribution in [3.63, 3.8) is 0 Å². The topological polar surface area (TPSA) is 76.0 Å². The molecule has 0 spiro atoms. The second kappa shape index (κ2) is 9.78. The molecule has 2 N–H and O–H groups in total. The van der Waals surface area contributed by atoms with Gasteiger partial charge in [-0.3, -0.25) is 9.59 Å². The van der Waals surface area contributed by atoms with Gasteiger partial charge in [0.2, 0.25) is 5.91 Å². The number of para-hydroxylation sites is 2. The predicted octanol–water partition coefficient (Wildman–Crippen LogP) is 4.72. The molecule has 4 rings (SSSR count). The number of halogens is 1. The molecule has 162 valence electrons. The smallest absolute Gasteiger partial charge is 0.251 e. The molecule has 32 heavy (non-hydrogen) atoms. The summed E-state index contributed by atoms with van der Waals surface area (Å²) in [5.74, 6) is 0.502. The number of carbonyl (C=O) groups excluding carboxylic acids is 2. The van der Waals surface area contributed by atoms with Crippen molar-refractivity contribution in [1.29, 1.82) is 0 Å². The normalized spacial score (nSPS) is 10.8. The van der Waals surface area contributed by atoms with Gasteiger partial charge in [0.1, 0.15) is 12.4 Å². The lowest BCUT2D eigenvalue weighted by molar-refractivity contribution is -0.116. The van der Waals surface area contributed by atoms with Crippen LogP contribution in [0.3, 0.4) is 0 Å². The highest BCUT2D eigenvalue weighted by molar-refractivity contribution is 9.10. The van der Waals surface area contributed by atoms with Crippen molar-refractivity contribution in [2.75, 3.05) is 11.9 Å². The van der Waals surface area contributed by atoms with Gasteiger partial charge in [0, 0.05) is 28.7 Å². The number of carbonyl (C=O) groups is 2. The number of amides is 2. The maximum Gasteiger partial charge on any atom is 0.251 e. The minimum atomic E-state index is -0.138. The number of imidazole rings is 1. The van der Waals surface area contributed by atoms with Crippen molar-refractivity contribution < 1.29 is 9.59 Å². The van der Waals surface area contributed by atoms with E-state index in [0.717, 1.165) is 32.6 Å². The maximum absolute atomic E-state index is 12.7. The number of aryl methyl sites for hydroxylation is 1. The zero-order valence-corrected chi connectivity index (χ0v) is 19.2. The van der Waals surface area contributed by atoms with Crippen molar-refractivity contribution in [3.05, 3.63) is 94.2 Å². The first kappa shape index (κ1) is 21.8. The van der Waals surface area contributed by atoms with Gasteiger partial charge in [0.15, 0.2) is 0 Å². The largest absolute Gasteiger partial charge is 0.352 e. The number of anilines is 1. The summed E-state index contributed by atoms with van der Waals surface area (Å²) in [5, 5.41) is 5.88. The third kappa shape index (κ3) is 5.06. The Labute approximate surface area is 194 Å². The Kier molecular flexibility index (Phi) is 6.66. The molecular weight excluding hydrogens is 468 g/mol. The fourth-order valence-electron chi connectivity index (χ4n) is 3.58. The molecule has 1 heterocycles.